The van der Waals surface area contributed by atoms with Crippen molar-refractivity contribution in [2.24, 2.45) is 0 Å². The molecule has 1 aromatic carbocycles. The van der Waals surface area contributed by atoms with Crippen molar-refractivity contribution in [3.8, 4) is 0 Å². The predicted octanol–water partition coefficient (Wildman–Crippen LogP) is 3.17. The van der Waals surface area contributed by atoms with E-state index in [0.717, 1.165) is 6.54 Å². The number of rotatable bonds is 6. The minimum atomic E-state index is -0.293. The van der Waals surface area contributed by atoms with Crippen LogP contribution in [0.3, 0.4) is 0 Å². The van der Waals surface area contributed by atoms with Crippen LogP contribution in [0.1, 0.15) is 25.5 Å². The normalized spacial score (nSPS) is 12.8. The van der Waals surface area contributed by atoms with Gasteiger partial charge in [-0.05, 0) is 25.6 Å². The highest BCUT2D eigenvalue weighted by Gasteiger charge is 2.17. The fourth-order valence-corrected chi connectivity index (χ4v) is 1.86. The summed E-state index contributed by atoms with van der Waals surface area (Å²) in [5.41, 5.74) is 0.486. The van der Waals surface area contributed by atoms with Gasteiger partial charge in [0.2, 0.25) is 0 Å². The molecule has 0 fully saturated rings. The Hall–Kier alpha value is -0.640. The molecule has 0 radical (unpaired) electrons. The van der Waals surface area contributed by atoms with Gasteiger partial charge in [0, 0.05) is 17.2 Å². The van der Waals surface area contributed by atoms with Gasteiger partial charge >= 0.3 is 0 Å². The number of halogens is 2. The van der Waals surface area contributed by atoms with Crippen LogP contribution in [0.5, 0.6) is 0 Å². The van der Waals surface area contributed by atoms with Gasteiger partial charge in [-0.2, -0.15) is 0 Å². The van der Waals surface area contributed by atoms with Crippen molar-refractivity contribution >= 4 is 11.6 Å². The van der Waals surface area contributed by atoms with Crippen LogP contribution in [0.25, 0.3) is 0 Å². The van der Waals surface area contributed by atoms with Gasteiger partial charge in [0.25, 0.3) is 0 Å². The van der Waals surface area contributed by atoms with Crippen molar-refractivity contribution in [1.82, 2.24) is 5.32 Å². The second-order valence-corrected chi connectivity index (χ2v) is 3.81. The van der Waals surface area contributed by atoms with Crippen molar-refractivity contribution in [2.75, 3.05) is 19.8 Å². The quantitative estimate of drug-likeness (QED) is 0.831. The molecule has 16 heavy (non-hydrogen) atoms. The number of hydrogen-bond acceptors (Lipinski definition) is 2. The van der Waals surface area contributed by atoms with E-state index in [-0.39, 0.29) is 11.9 Å². The standard InChI is InChI=1S/C12H17ClFNO/c1-3-15-11(8-16-4-2)12-9(13)6-5-7-10(12)14/h5-7,11,15H,3-4,8H2,1-2H3. The maximum absolute atomic E-state index is 13.7. The molecule has 0 heterocycles. The van der Waals surface area contributed by atoms with Crippen LogP contribution in [0.2, 0.25) is 5.02 Å². The van der Waals surface area contributed by atoms with Crippen LogP contribution in [-0.2, 0) is 4.74 Å². The summed E-state index contributed by atoms with van der Waals surface area (Å²) in [6, 6.07) is 4.51. The third-order valence-corrected chi connectivity index (χ3v) is 2.62. The zero-order valence-corrected chi connectivity index (χ0v) is 10.4. The summed E-state index contributed by atoms with van der Waals surface area (Å²) in [5, 5.41) is 3.60. The van der Waals surface area contributed by atoms with E-state index in [1.807, 2.05) is 13.8 Å². The molecular weight excluding hydrogens is 229 g/mol. The molecule has 1 rings (SSSR count). The van der Waals surface area contributed by atoms with E-state index in [9.17, 15) is 4.39 Å². The summed E-state index contributed by atoms with van der Waals surface area (Å²) in [5.74, 6) is -0.293. The van der Waals surface area contributed by atoms with Gasteiger partial charge in [-0.1, -0.05) is 24.6 Å². The van der Waals surface area contributed by atoms with Crippen LogP contribution in [-0.4, -0.2) is 19.8 Å². The molecule has 0 aliphatic heterocycles. The third kappa shape index (κ3) is 3.44. The molecule has 0 spiro atoms. The molecule has 90 valence electrons. The van der Waals surface area contributed by atoms with Crippen LogP contribution in [0.4, 0.5) is 4.39 Å². The summed E-state index contributed by atoms with van der Waals surface area (Å²) in [7, 11) is 0. The first-order valence-electron chi connectivity index (χ1n) is 5.45. The zero-order valence-electron chi connectivity index (χ0n) is 9.59. The van der Waals surface area contributed by atoms with Crippen LogP contribution in [0.15, 0.2) is 18.2 Å². The summed E-state index contributed by atoms with van der Waals surface area (Å²) < 4.78 is 19.0. The van der Waals surface area contributed by atoms with E-state index in [4.69, 9.17) is 16.3 Å². The lowest BCUT2D eigenvalue weighted by atomic mass is 10.1. The molecule has 2 nitrogen and oxygen atoms in total. The molecule has 0 bridgehead atoms. The number of ether oxygens (including phenoxy) is 1. The molecule has 0 saturated heterocycles. The van der Waals surface area contributed by atoms with Gasteiger partial charge in [-0.25, -0.2) is 4.39 Å². The maximum Gasteiger partial charge on any atom is 0.129 e. The summed E-state index contributed by atoms with van der Waals surface area (Å²) in [4.78, 5) is 0. The Labute approximate surface area is 101 Å². The average molecular weight is 246 g/mol. The van der Waals surface area contributed by atoms with Crippen molar-refractivity contribution in [1.29, 1.82) is 0 Å². The summed E-state index contributed by atoms with van der Waals surface area (Å²) in [6.45, 7) is 5.64. The smallest absolute Gasteiger partial charge is 0.129 e. The van der Waals surface area contributed by atoms with Crippen molar-refractivity contribution < 1.29 is 9.13 Å². The van der Waals surface area contributed by atoms with Gasteiger partial charge in [0.1, 0.15) is 5.82 Å². The Morgan fingerprint density at radius 3 is 2.75 bits per heavy atom. The minimum Gasteiger partial charge on any atom is -0.380 e. The van der Waals surface area contributed by atoms with Gasteiger partial charge in [0.05, 0.1) is 12.6 Å². The lowest BCUT2D eigenvalue weighted by Crippen LogP contribution is -2.26. The first-order valence-corrected chi connectivity index (χ1v) is 5.83. The Kier molecular flexibility index (Phi) is 5.74. The third-order valence-electron chi connectivity index (χ3n) is 2.29. The highest BCUT2D eigenvalue weighted by atomic mass is 35.5. The summed E-state index contributed by atoms with van der Waals surface area (Å²) in [6.07, 6.45) is 0. The Bertz CT molecular complexity index is 313. The number of likely N-dealkylation sites (N-methyl/N-ethyl adjacent to an activating group) is 1. The molecule has 1 N–H and O–H groups in total. The molecule has 0 aliphatic rings. The molecule has 1 unspecified atom stereocenters. The summed E-state index contributed by atoms with van der Waals surface area (Å²) >= 11 is 6.00. The molecule has 4 heteroatoms. The highest BCUT2D eigenvalue weighted by molar-refractivity contribution is 6.31. The van der Waals surface area contributed by atoms with Gasteiger partial charge in [0.15, 0.2) is 0 Å². The van der Waals surface area contributed by atoms with Crippen molar-refractivity contribution in [2.45, 2.75) is 19.9 Å². The number of nitrogens with one attached hydrogen (secondary N) is 1. The Balaban J connectivity index is 2.90. The lowest BCUT2D eigenvalue weighted by molar-refractivity contribution is 0.122. The molecular formula is C12H17ClFNO. The van der Waals surface area contributed by atoms with E-state index in [0.29, 0.717) is 23.8 Å². The van der Waals surface area contributed by atoms with Crippen LogP contribution >= 0.6 is 11.6 Å². The van der Waals surface area contributed by atoms with Gasteiger partial charge in [-0.3, -0.25) is 0 Å². The fraction of sp³-hybridized carbons (Fsp3) is 0.500. The molecule has 1 atom stereocenters. The number of benzene rings is 1. The molecule has 0 saturated carbocycles. The van der Waals surface area contributed by atoms with E-state index < -0.39 is 0 Å². The van der Waals surface area contributed by atoms with Crippen LogP contribution in [0, 0.1) is 5.82 Å². The maximum atomic E-state index is 13.7. The monoisotopic (exact) mass is 245 g/mol. The largest absolute Gasteiger partial charge is 0.380 e. The van der Waals surface area contributed by atoms with E-state index in [1.165, 1.54) is 6.07 Å². The average Bonchev–Trinajstić information content (AvgIpc) is 2.25. The van der Waals surface area contributed by atoms with Gasteiger partial charge < -0.3 is 10.1 Å². The molecule has 0 amide bonds. The van der Waals surface area contributed by atoms with E-state index >= 15 is 0 Å². The van der Waals surface area contributed by atoms with Gasteiger partial charge in [-0.15, -0.1) is 0 Å². The topological polar surface area (TPSA) is 21.3 Å². The molecule has 0 aliphatic carbocycles. The molecule has 1 aromatic rings. The zero-order chi connectivity index (χ0) is 12.0. The number of hydrogen-bond donors (Lipinski definition) is 1. The second kappa shape index (κ2) is 6.84. The second-order valence-electron chi connectivity index (χ2n) is 3.41. The first kappa shape index (κ1) is 13.4. The van der Waals surface area contributed by atoms with Crippen LogP contribution < -0.4 is 5.32 Å². The SMILES string of the molecule is CCNC(COCC)c1c(F)cccc1Cl. The predicted molar refractivity (Wildman–Crippen MR) is 64.3 cm³/mol. The fourth-order valence-electron chi connectivity index (χ4n) is 1.57. The Morgan fingerprint density at radius 2 is 2.19 bits per heavy atom. The Morgan fingerprint density at radius 1 is 1.44 bits per heavy atom. The lowest BCUT2D eigenvalue weighted by Gasteiger charge is -2.19. The van der Waals surface area contributed by atoms with Crippen molar-refractivity contribution in [3.63, 3.8) is 0 Å². The highest BCUT2D eigenvalue weighted by Crippen LogP contribution is 2.26. The first-order chi connectivity index (χ1) is 7.70. The van der Waals surface area contributed by atoms with Crippen molar-refractivity contribution in [3.05, 3.63) is 34.6 Å². The van der Waals surface area contributed by atoms with E-state index in [1.54, 1.807) is 12.1 Å². The van der Waals surface area contributed by atoms with E-state index in [2.05, 4.69) is 5.32 Å². The molecule has 0 aromatic heterocycles. The minimum absolute atomic E-state index is 0.196.